The minimum absolute atomic E-state index is 0.164. The molecule has 4 heteroatoms. The van der Waals surface area contributed by atoms with Crippen molar-refractivity contribution < 1.29 is 9.84 Å². The molecule has 1 fully saturated rings. The van der Waals surface area contributed by atoms with E-state index >= 15 is 0 Å². The molecule has 2 atom stereocenters. The number of thioether (sulfide) groups is 1. The zero-order valence-corrected chi connectivity index (χ0v) is 11.1. The normalized spacial score (nSPS) is 32.0. The van der Waals surface area contributed by atoms with Gasteiger partial charge in [0.2, 0.25) is 0 Å². The Morgan fingerprint density at radius 3 is 3.12 bits per heavy atom. The summed E-state index contributed by atoms with van der Waals surface area (Å²) in [5.74, 6) is 2.98. The van der Waals surface area contributed by atoms with Crippen molar-refractivity contribution in [3.63, 3.8) is 0 Å². The molecule has 0 saturated carbocycles. The first-order chi connectivity index (χ1) is 8.19. The number of aliphatic hydroxyl groups excluding tert-OH is 1. The molecule has 2 aliphatic heterocycles. The van der Waals surface area contributed by atoms with Gasteiger partial charge in [-0.2, -0.15) is 11.8 Å². The second kappa shape index (κ2) is 4.38. The summed E-state index contributed by atoms with van der Waals surface area (Å²) in [6.45, 7) is 0. The molecule has 0 radical (unpaired) electrons. The number of benzene rings is 1. The maximum absolute atomic E-state index is 10.3. The third-order valence-corrected chi connectivity index (χ3v) is 5.05. The van der Waals surface area contributed by atoms with Gasteiger partial charge >= 0.3 is 0 Å². The molecule has 0 aliphatic carbocycles. The molecular weight excluding hydrogens is 256 g/mol. The highest BCUT2D eigenvalue weighted by molar-refractivity contribution is 7.99. The van der Waals surface area contributed by atoms with Crippen molar-refractivity contribution in [2.24, 2.45) is 0 Å². The van der Waals surface area contributed by atoms with Crippen LogP contribution in [0.25, 0.3) is 0 Å². The zero-order valence-electron chi connectivity index (χ0n) is 9.49. The second-order valence-electron chi connectivity index (χ2n) is 4.84. The van der Waals surface area contributed by atoms with Gasteiger partial charge < -0.3 is 9.84 Å². The molecule has 2 aliphatic rings. The first kappa shape index (κ1) is 11.7. The molecule has 0 amide bonds. The lowest BCUT2D eigenvalue weighted by molar-refractivity contribution is -0.00551. The van der Waals surface area contributed by atoms with Crippen molar-refractivity contribution in [2.75, 3.05) is 11.5 Å². The molecule has 1 aromatic carbocycles. The molecular formula is C13H15ClO2S. The molecule has 1 spiro atoms. The van der Waals surface area contributed by atoms with Crippen LogP contribution >= 0.6 is 23.4 Å². The van der Waals surface area contributed by atoms with Crippen LogP contribution in [0.3, 0.4) is 0 Å². The summed E-state index contributed by atoms with van der Waals surface area (Å²) in [7, 11) is 0. The fourth-order valence-electron chi connectivity index (χ4n) is 2.68. The van der Waals surface area contributed by atoms with Gasteiger partial charge in [-0.3, -0.25) is 0 Å². The lowest BCUT2D eigenvalue weighted by atomic mass is 9.86. The first-order valence-electron chi connectivity index (χ1n) is 5.93. The fourth-order valence-corrected chi connectivity index (χ4v) is 4.04. The summed E-state index contributed by atoms with van der Waals surface area (Å²) in [6, 6.07) is 5.51. The van der Waals surface area contributed by atoms with E-state index in [0.717, 1.165) is 23.5 Å². The Morgan fingerprint density at radius 1 is 1.47 bits per heavy atom. The van der Waals surface area contributed by atoms with Crippen LogP contribution in [-0.4, -0.2) is 22.2 Å². The van der Waals surface area contributed by atoms with E-state index in [1.165, 1.54) is 12.2 Å². The molecule has 3 rings (SSSR count). The van der Waals surface area contributed by atoms with Crippen molar-refractivity contribution in [3.8, 4) is 5.75 Å². The van der Waals surface area contributed by atoms with Gasteiger partial charge in [0.25, 0.3) is 0 Å². The quantitative estimate of drug-likeness (QED) is 0.783. The first-order valence-corrected chi connectivity index (χ1v) is 7.46. The number of fused-ring (bicyclic) bond motifs is 1. The molecule has 0 bridgehead atoms. The van der Waals surface area contributed by atoms with Crippen molar-refractivity contribution in [2.45, 2.75) is 31.0 Å². The van der Waals surface area contributed by atoms with Crippen LogP contribution in [0.5, 0.6) is 5.75 Å². The van der Waals surface area contributed by atoms with Crippen molar-refractivity contribution in [1.82, 2.24) is 0 Å². The van der Waals surface area contributed by atoms with Crippen LogP contribution in [0.15, 0.2) is 18.2 Å². The van der Waals surface area contributed by atoms with Gasteiger partial charge in [0.15, 0.2) is 0 Å². The number of hydrogen-bond donors (Lipinski definition) is 1. The summed E-state index contributed by atoms with van der Waals surface area (Å²) in [5.41, 5.74) is 0.669. The molecule has 2 nitrogen and oxygen atoms in total. The van der Waals surface area contributed by atoms with Crippen LogP contribution in [0.2, 0.25) is 5.02 Å². The Labute approximate surface area is 110 Å². The lowest BCUT2D eigenvalue weighted by Gasteiger charge is -2.42. The maximum Gasteiger partial charge on any atom is 0.126 e. The summed E-state index contributed by atoms with van der Waals surface area (Å²) in [5, 5.41) is 10.9. The van der Waals surface area contributed by atoms with Crippen LogP contribution in [-0.2, 0) is 0 Å². The molecule has 1 saturated heterocycles. The van der Waals surface area contributed by atoms with Crippen molar-refractivity contribution >= 4 is 23.4 Å². The summed E-state index contributed by atoms with van der Waals surface area (Å²) >= 11 is 7.87. The van der Waals surface area contributed by atoms with Crippen molar-refractivity contribution in [3.05, 3.63) is 28.8 Å². The van der Waals surface area contributed by atoms with Crippen LogP contribution < -0.4 is 4.74 Å². The van der Waals surface area contributed by atoms with E-state index in [-0.39, 0.29) is 5.60 Å². The number of rotatable bonds is 0. The molecule has 1 aromatic rings. The smallest absolute Gasteiger partial charge is 0.126 e. The van der Waals surface area contributed by atoms with Crippen LogP contribution in [0, 0.1) is 0 Å². The minimum atomic E-state index is -0.448. The number of ether oxygens (including phenoxy) is 1. The number of halogens is 1. The summed E-state index contributed by atoms with van der Waals surface area (Å²) < 4.78 is 6.15. The van der Waals surface area contributed by atoms with Crippen molar-refractivity contribution in [1.29, 1.82) is 0 Å². The SMILES string of the molecule is O[C@H]1CC2(CCCSC2)Oc2ccc(Cl)cc21. The topological polar surface area (TPSA) is 29.5 Å². The molecule has 1 N–H and O–H groups in total. The Kier molecular flexibility index (Phi) is 3.01. The third-order valence-electron chi connectivity index (χ3n) is 3.51. The van der Waals surface area contributed by atoms with Gasteiger partial charge in [-0.25, -0.2) is 0 Å². The van der Waals surface area contributed by atoms with E-state index in [1.54, 1.807) is 0 Å². The van der Waals surface area contributed by atoms with E-state index in [2.05, 4.69) is 0 Å². The lowest BCUT2D eigenvalue weighted by Crippen LogP contribution is -2.45. The monoisotopic (exact) mass is 270 g/mol. The highest BCUT2D eigenvalue weighted by Gasteiger charge is 2.41. The van der Waals surface area contributed by atoms with Crippen LogP contribution in [0.1, 0.15) is 30.9 Å². The Balaban J connectivity index is 1.94. The van der Waals surface area contributed by atoms with E-state index in [1.807, 2.05) is 30.0 Å². The molecule has 92 valence electrons. The standard InChI is InChI=1S/C13H15ClO2S/c14-9-2-3-12-10(6-9)11(15)7-13(16-12)4-1-5-17-8-13/h2-3,6,11,15H,1,4-5,7-8H2/t11-,13?/m0/s1. The van der Waals surface area contributed by atoms with Gasteiger partial charge in [-0.05, 0) is 36.8 Å². The molecule has 1 unspecified atom stereocenters. The third kappa shape index (κ3) is 2.16. The number of hydrogen-bond acceptors (Lipinski definition) is 3. The van der Waals surface area contributed by atoms with E-state index < -0.39 is 6.10 Å². The van der Waals surface area contributed by atoms with Gasteiger partial charge in [0, 0.05) is 22.8 Å². The Bertz CT molecular complexity index is 429. The largest absolute Gasteiger partial charge is 0.486 e. The minimum Gasteiger partial charge on any atom is -0.486 e. The second-order valence-corrected chi connectivity index (χ2v) is 6.38. The van der Waals surface area contributed by atoms with Crippen LogP contribution in [0.4, 0.5) is 0 Å². The zero-order chi connectivity index (χ0) is 11.9. The van der Waals surface area contributed by atoms with E-state index in [0.29, 0.717) is 11.4 Å². The Hall–Kier alpha value is -0.380. The highest BCUT2D eigenvalue weighted by atomic mass is 35.5. The average Bonchev–Trinajstić information content (AvgIpc) is 2.31. The maximum atomic E-state index is 10.3. The van der Waals surface area contributed by atoms with E-state index in [4.69, 9.17) is 16.3 Å². The highest BCUT2D eigenvalue weighted by Crippen LogP contribution is 2.45. The predicted molar refractivity (Wildman–Crippen MR) is 70.9 cm³/mol. The summed E-state index contributed by atoms with van der Waals surface area (Å²) in [6.07, 6.45) is 2.45. The number of aliphatic hydroxyl groups is 1. The molecule has 2 heterocycles. The van der Waals surface area contributed by atoms with Gasteiger partial charge in [-0.15, -0.1) is 0 Å². The predicted octanol–water partition coefficient (Wildman–Crippen LogP) is 3.42. The van der Waals surface area contributed by atoms with Gasteiger partial charge in [0.1, 0.15) is 11.4 Å². The van der Waals surface area contributed by atoms with Gasteiger partial charge in [-0.1, -0.05) is 11.6 Å². The van der Waals surface area contributed by atoms with E-state index in [9.17, 15) is 5.11 Å². The summed E-state index contributed by atoms with van der Waals surface area (Å²) in [4.78, 5) is 0. The average molecular weight is 271 g/mol. The fraction of sp³-hybridized carbons (Fsp3) is 0.538. The Morgan fingerprint density at radius 2 is 2.35 bits per heavy atom. The molecule has 0 aromatic heterocycles. The van der Waals surface area contributed by atoms with Gasteiger partial charge in [0.05, 0.1) is 6.10 Å². The molecule has 17 heavy (non-hydrogen) atoms.